The van der Waals surface area contributed by atoms with Crippen LogP contribution in [0.1, 0.15) is 26.5 Å². The SMILES string of the molecule is CCN(c1nc(C)cc(OC)n1)C(C)(C)C(=O)O. The summed E-state index contributed by atoms with van der Waals surface area (Å²) in [7, 11) is 1.52. The number of likely N-dealkylation sites (N-methyl/N-ethyl adjacent to an activating group) is 1. The maximum Gasteiger partial charge on any atom is 0.329 e. The van der Waals surface area contributed by atoms with E-state index in [0.29, 0.717) is 18.4 Å². The van der Waals surface area contributed by atoms with E-state index in [0.717, 1.165) is 5.69 Å². The zero-order valence-corrected chi connectivity index (χ0v) is 11.4. The zero-order valence-electron chi connectivity index (χ0n) is 11.4. The summed E-state index contributed by atoms with van der Waals surface area (Å²) in [4.78, 5) is 21.4. The van der Waals surface area contributed by atoms with Gasteiger partial charge in [-0.3, -0.25) is 0 Å². The predicted molar refractivity (Wildman–Crippen MR) is 68.1 cm³/mol. The lowest BCUT2D eigenvalue weighted by atomic mass is 10.0. The minimum atomic E-state index is -1.08. The molecule has 1 heterocycles. The van der Waals surface area contributed by atoms with Gasteiger partial charge in [0.15, 0.2) is 0 Å². The number of ether oxygens (including phenoxy) is 1. The summed E-state index contributed by atoms with van der Waals surface area (Å²) in [5.41, 5.74) is -0.343. The number of anilines is 1. The number of carboxylic acid groups (broad SMARTS) is 1. The maximum atomic E-state index is 11.3. The standard InChI is InChI=1S/C12H19N3O3/c1-6-15(12(3,4)10(16)17)11-13-8(2)7-9(14-11)18-5/h7H,6H2,1-5H3,(H,16,17). The Labute approximate surface area is 107 Å². The van der Waals surface area contributed by atoms with Crippen molar-refractivity contribution in [3.63, 3.8) is 0 Å². The van der Waals surface area contributed by atoms with E-state index in [2.05, 4.69) is 9.97 Å². The van der Waals surface area contributed by atoms with Gasteiger partial charge in [-0.05, 0) is 27.7 Å². The molecule has 1 N–H and O–H groups in total. The van der Waals surface area contributed by atoms with E-state index in [1.165, 1.54) is 7.11 Å². The van der Waals surface area contributed by atoms with Crippen LogP contribution in [-0.2, 0) is 4.79 Å². The van der Waals surface area contributed by atoms with Gasteiger partial charge < -0.3 is 14.7 Å². The second kappa shape index (κ2) is 5.20. The highest BCUT2D eigenvalue weighted by Gasteiger charge is 2.35. The summed E-state index contributed by atoms with van der Waals surface area (Å²) in [6.45, 7) is 7.41. The molecule has 18 heavy (non-hydrogen) atoms. The average Bonchev–Trinajstić information content (AvgIpc) is 2.28. The predicted octanol–water partition coefficient (Wildman–Crippen LogP) is 1.48. The fourth-order valence-electron chi connectivity index (χ4n) is 1.65. The lowest BCUT2D eigenvalue weighted by Crippen LogP contribution is -2.51. The molecule has 100 valence electrons. The molecule has 0 spiro atoms. The highest BCUT2D eigenvalue weighted by molar-refractivity contribution is 5.81. The Bertz CT molecular complexity index is 446. The summed E-state index contributed by atoms with van der Waals surface area (Å²) in [6.07, 6.45) is 0. The van der Waals surface area contributed by atoms with Gasteiger partial charge in [0.1, 0.15) is 5.54 Å². The maximum absolute atomic E-state index is 11.3. The first kappa shape index (κ1) is 14.2. The van der Waals surface area contributed by atoms with Gasteiger partial charge >= 0.3 is 5.97 Å². The number of aryl methyl sites for hydroxylation is 1. The van der Waals surface area contributed by atoms with E-state index in [-0.39, 0.29) is 0 Å². The van der Waals surface area contributed by atoms with Gasteiger partial charge in [0, 0.05) is 18.3 Å². The van der Waals surface area contributed by atoms with Gasteiger partial charge in [-0.25, -0.2) is 9.78 Å². The van der Waals surface area contributed by atoms with Crippen molar-refractivity contribution in [2.45, 2.75) is 33.2 Å². The van der Waals surface area contributed by atoms with Crippen LogP contribution in [0.15, 0.2) is 6.07 Å². The van der Waals surface area contributed by atoms with Crippen LogP contribution in [0.2, 0.25) is 0 Å². The van der Waals surface area contributed by atoms with Gasteiger partial charge in [0.05, 0.1) is 7.11 Å². The lowest BCUT2D eigenvalue weighted by molar-refractivity contribution is -0.142. The molecular formula is C12H19N3O3. The molecule has 0 aromatic carbocycles. The number of hydrogen-bond donors (Lipinski definition) is 1. The first-order valence-corrected chi connectivity index (χ1v) is 5.73. The van der Waals surface area contributed by atoms with E-state index >= 15 is 0 Å². The Hall–Kier alpha value is -1.85. The third-order valence-corrected chi connectivity index (χ3v) is 2.78. The Balaban J connectivity index is 3.24. The van der Waals surface area contributed by atoms with Crippen molar-refractivity contribution in [3.8, 4) is 5.88 Å². The number of carbonyl (C=O) groups is 1. The van der Waals surface area contributed by atoms with Crippen LogP contribution in [0.3, 0.4) is 0 Å². The molecule has 0 unspecified atom stereocenters. The van der Waals surface area contributed by atoms with E-state index in [1.54, 1.807) is 24.8 Å². The normalized spacial score (nSPS) is 11.2. The average molecular weight is 253 g/mol. The van der Waals surface area contributed by atoms with Gasteiger partial charge in [0.2, 0.25) is 11.8 Å². The highest BCUT2D eigenvalue weighted by atomic mass is 16.5. The minimum absolute atomic E-state index is 0.363. The molecule has 0 amide bonds. The third-order valence-electron chi connectivity index (χ3n) is 2.78. The van der Waals surface area contributed by atoms with Crippen LogP contribution in [0.25, 0.3) is 0 Å². The molecule has 1 aromatic heterocycles. The smallest absolute Gasteiger partial charge is 0.329 e. The second-order valence-corrected chi connectivity index (χ2v) is 4.46. The molecule has 0 bridgehead atoms. The Morgan fingerprint density at radius 1 is 1.50 bits per heavy atom. The van der Waals surface area contributed by atoms with Gasteiger partial charge in [0.25, 0.3) is 0 Å². The molecular weight excluding hydrogens is 234 g/mol. The van der Waals surface area contributed by atoms with Crippen molar-refractivity contribution in [1.29, 1.82) is 0 Å². The monoisotopic (exact) mass is 253 g/mol. The van der Waals surface area contributed by atoms with Crippen molar-refractivity contribution >= 4 is 11.9 Å². The fraction of sp³-hybridized carbons (Fsp3) is 0.583. The third kappa shape index (κ3) is 2.69. The molecule has 1 rings (SSSR count). The largest absolute Gasteiger partial charge is 0.481 e. The molecule has 6 nitrogen and oxygen atoms in total. The Kier molecular flexibility index (Phi) is 4.11. The van der Waals surface area contributed by atoms with Crippen molar-refractivity contribution in [2.75, 3.05) is 18.6 Å². The fourth-order valence-corrected chi connectivity index (χ4v) is 1.65. The quantitative estimate of drug-likeness (QED) is 0.856. The highest BCUT2D eigenvalue weighted by Crippen LogP contribution is 2.23. The number of carboxylic acids is 1. The van der Waals surface area contributed by atoms with Crippen LogP contribution in [0, 0.1) is 6.92 Å². The van der Waals surface area contributed by atoms with E-state index < -0.39 is 11.5 Å². The summed E-state index contributed by atoms with van der Waals surface area (Å²) in [5.74, 6) is -0.132. The molecule has 0 aliphatic rings. The Morgan fingerprint density at radius 2 is 2.11 bits per heavy atom. The van der Waals surface area contributed by atoms with Crippen LogP contribution in [-0.4, -0.2) is 40.2 Å². The molecule has 0 saturated carbocycles. The number of aliphatic carboxylic acids is 1. The van der Waals surface area contributed by atoms with Gasteiger partial charge in [-0.15, -0.1) is 0 Å². The van der Waals surface area contributed by atoms with E-state index in [4.69, 9.17) is 4.74 Å². The van der Waals surface area contributed by atoms with Crippen LogP contribution in [0.4, 0.5) is 5.95 Å². The minimum Gasteiger partial charge on any atom is -0.481 e. The molecule has 0 aliphatic heterocycles. The molecule has 0 atom stereocenters. The summed E-state index contributed by atoms with van der Waals surface area (Å²) >= 11 is 0. The van der Waals surface area contributed by atoms with E-state index in [9.17, 15) is 9.90 Å². The van der Waals surface area contributed by atoms with Crippen molar-refractivity contribution in [1.82, 2.24) is 9.97 Å². The molecule has 6 heteroatoms. The van der Waals surface area contributed by atoms with Crippen LogP contribution in [0.5, 0.6) is 5.88 Å². The molecule has 0 fully saturated rings. The van der Waals surface area contributed by atoms with Gasteiger partial charge in [-0.1, -0.05) is 0 Å². The first-order chi connectivity index (χ1) is 8.32. The molecule has 1 aromatic rings. The zero-order chi connectivity index (χ0) is 13.9. The van der Waals surface area contributed by atoms with Crippen LogP contribution >= 0.6 is 0 Å². The summed E-state index contributed by atoms with van der Waals surface area (Å²) in [5, 5.41) is 9.27. The summed E-state index contributed by atoms with van der Waals surface area (Å²) in [6, 6.07) is 1.70. The first-order valence-electron chi connectivity index (χ1n) is 5.73. The Morgan fingerprint density at radius 3 is 2.56 bits per heavy atom. The molecule has 0 saturated heterocycles. The van der Waals surface area contributed by atoms with Crippen molar-refractivity contribution in [2.24, 2.45) is 0 Å². The van der Waals surface area contributed by atoms with Gasteiger partial charge in [-0.2, -0.15) is 4.98 Å². The molecule has 0 radical (unpaired) electrons. The topological polar surface area (TPSA) is 75.5 Å². The number of aromatic nitrogens is 2. The van der Waals surface area contributed by atoms with E-state index in [1.807, 2.05) is 13.8 Å². The number of methoxy groups -OCH3 is 1. The van der Waals surface area contributed by atoms with Crippen molar-refractivity contribution < 1.29 is 14.6 Å². The second-order valence-electron chi connectivity index (χ2n) is 4.46. The number of hydrogen-bond acceptors (Lipinski definition) is 5. The number of rotatable bonds is 5. The van der Waals surface area contributed by atoms with Crippen molar-refractivity contribution in [3.05, 3.63) is 11.8 Å². The lowest BCUT2D eigenvalue weighted by Gasteiger charge is -2.34. The van der Waals surface area contributed by atoms with Crippen LogP contribution < -0.4 is 9.64 Å². The summed E-state index contributed by atoms with van der Waals surface area (Å²) < 4.78 is 5.08. The molecule has 0 aliphatic carbocycles. The number of nitrogens with zero attached hydrogens (tertiary/aromatic N) is 3.